The molecule has 1 aliphatic heterocycles. The number of rotatable bonds is 7. The van der Waals surface area contributed by atoms with Gasteiger partial charge in [0.15, 0.2) is 0 Å². The van der Waals surface area contributed by atoms with Crippen LogP contribution in [-0.4, -0.2) is 52.5 Å². The van der Waals surface area contributed by atoms with Gasteiger partial charge in [-0.25, -0.2) is 4.98 Å². The first-order valence-corrected chi connectivity index (χ1v) is 8.85. The molecule has 0 saturated carbocycles. The molecule has 1 fully saturated rings. The Hall–Kier alpha value is -2.33. The van der Waals surface area contributed by atoms with Crippen LogP contribution >= 0.6 is 24.2 Å². The Kier molecular flexibility index (Phi) is 11.2. The largest absolute Gasteiger partial charge is 0.492 e. The molecule has 1 aromatic carbocycles. The molecule has 0 aliphatic carbocycles. The number of imide groups is 1. The van der Waals surface area contributed by atoms with Crippen LogP contribution in [0.2, 0.25) is 0 Å². The van der Waals surface area contributed by atoms with Gasteiger partial charge in [0.1, 0.15) is 18.2 Å². The number of thioether (sulfide) groups is 1. The highest BCUT2D eigenvalue weighted by atomic mass is 35.5. The maximum Gasteiger partial charge on any atom is 0.286 e. The van der Waals surface area contributed by atoms with Crippen LogP contribution in [0.1, 0.15) is 5.56 Å². The molecule has 5 N–H and O–H groups in total. The van der Waals surface area contributed by atoms with Gasteiger partial charge in [-0.05, 0) is 36.2 Å². The summed E-state index contributed by atoms with van der Waals surface area (Å²) in [5, 5.41) is 1.69. The normalized spacial score (nSPS) is 14.8. The molecule has 2 amide bonds. The van der Waals surface area contributed by atoms with Gasteiger partial charge in [-0.1, -0.05) is 30.0 Å². The van der Waals surface area contributed by atoms with E-state index in [0.29, 0.717) is 13.0 Å². The van der Waals surface area contributed by atoms with Gasteiger partial charge < -0.3 is 20.6 Å². The van der Waals surface area contributed by atoms with Crippen molar-refractivity contribution in [2.75, 3.05) is 25.1 Å². The fourth-order valence-corrected chi connectivity index (χ4v) is 3.32. The molecular weight excluding hydrogens is 406 g/mol. The monoisotopic (exact) mass is 429 g/mol. The highest BCUT2D eigenvalue weighted by Crippen LogP contribution is 2.23. The summed E-state index contributed by atoms with van der Waals surface area (Å²) < 4.78 is 5.75. The van der Waals surface area contributed by atoms with Crippen molar-refractivity contribution >= 4 is 41.1 Å². The quantitative estimate of drug-likeness (QED) is 0.703. The topological polar surface area (TPSA) is 135 Å². The lowest BCUT2D eigenvalue weighted by Crippen LogP contribution is -2.25. The summed E-state index contributed by atoms with van der Waals surface area (Å²) in [7, 11) is 1.97. The number of likely N-dealkylation sites (N-methyl/N-ethyl adjacent to an activating group) is 1. The van der Waals surface area contributed by atoms with Crippen LogP contribution in [0, 0.1) is 0 Å². The van der Waals surface area contributed by atoms with Crippen molar-refractivity contribution in [1.82, 2.24) is 10.3 Å². The fraction of sp³-hybridized carbons (Fsp3) is 0.278. The second-order valence-corrected chi connectivity index (χ2v) is 6.86. The van der Waals surface area contributed by atoms with E-state index >= 15 is 0 Å². The Morgan fingerprint density at radius 1 is 1.14 bits per heavy atom. The van der Waals surface area contributed by atoms with E-state index in [9.17, 15) is 9.59 Å². The zero-order valence-electron chi connectivity index (χ0n) is 15.3. The number of anilines is 1. The van der Waals surface area contributed by atoms with E-state index in [-0.39, 0.29) is 39.8 Å². The van der Waals surface area contributed by atoms with Gasteiger partial charge in [0.2, 0.25) is 5.91 Å². The van der Waals surface area contributed by atoms with Crippen LogP contribution in [0.4, 0.5) is 10.6 Å². The van der Waals surface area contributed by atoms with Crippen LogP contribution in [0.5, 0.6) is 5.75 Å². The van der Waals surface area contributed by atoms with E-state index in [1.807, 2.05) is 54.4 Å². The van der Waals surface area contributed by atoms with Crippen LogP contribution < -0.4 is 15.0 Å². The smallest absolute Gasteiger partial charge is 0.286 e. The molecule has 2 heterocycles. The number of halogens is 1. The number of aromatic nitrogens is 1. The number of nitrogens with one attached hydrogen (secondary N) is 1. The minimum atomic E-state index is -0.341. The maximum absolute atomic E-state index is 11.6. The summed E-state index contributed by atoms with van der Waals surface area (Å²) in [6, 6.07) is 13.4. The van der Waals surface area contributed by atoms with E-state index in [1.54, 1.807) is 6.20 Å². The fourth-order valence-electron chi connectivity index (χ4n) is 2.46. The molecule has 1 saturated heterocycles. The van der Waals surface area contributed by atoms with E-state index < -0.39 is 0 Å². The highest BCUT2D eigenvalue weighted by molar-refractivity contribution is 8.15. The second-order valence-electron chi connectivity index (χ2n) is 5.69. The van der Waals surface area contributed by atoms with Crippen LogP contribution in [0.25, 0.3) is 0 Å². The van der Waals surface area contributed by atoms with Crippen molar-refractivity contribution < 1.29 is 25.3 Å². The molecule has 10 heteroatoms. The molecule has 0 bridgehead atoms. The van der Waals surface area contributed by atoms with E-state index in [4.69, 9.17) is 4.74 Å². The number of nitrogens with zero attached hydrogens (tertiary/aromatic N) is 2. The van der Waals surface area contributed by atoms with Gasteiger partial charge in [0.05, 0.1) is 11.8 Å². The van der Waals surface area contributed by atoms with Gasteiger partial charge in [-0.15, -0.1) is 12.4 Å². The molecule has 0 spiro atoms. The summed E-state index contributed by atoms with van der Waals surface area (Å²) in [5.74, 6) is 1.47. The van der Waals surface area contributed by atoms with Gasteiger partial charge in [-0.2, -0.15) is 0 Å². The molecule has 1 atom stereocenters. The molecule has 28 heavy (non-hydrogen) atoms. The van der Waals surface area contributed by atoms with E-state index in [1.165, 1.54) is 0 Å². The molecule has 1 aliphatic rings. The third-order valence-corrected chi connectivity index (χ3v) is 4.83. The van der Waals surface area contributed by atoms with Gasteiger partial charge in [-0.3, -0.25) is 14.9 Å². The number of ether oxygens (including phenoxy) is 1. The lowest BCUT2D eigenvalue weighted by atomic mass is 10.1. The summed E-state index contributed by atoms with van der Waals surface area (Å²) in [5.41, 5.74) is 1.00. The Bertz CT molecular complexity index is 749. The van der Waals surface area contributed by atoms with Crippen molar-refractivity contribution in [3.8, 4) is 5.75 Å². The van der Waals surface area contributed by atoms with Gasteiger partial charge >= 0.3 is 0 Å². The number of amides is 2. The van der Waals surface area contributed by atoms with Crippen LogP contribution in [0.3, 0.4) is 0 Å². The van der Waals surface area contributed by atoms with Crippen molar-refractivity contribution in [2.45, 2.75) is 11.7 Å². The summed E-state index contributed by atoms with van der Waals surface area (Å²) in [6.45, 7) is 1.27. The van der Waals surface area contributed by atoms with E-state index in [0.717, 1.165) is 35.4 Å². The average molecular weight is 430 g/mol. The molecule has 3 rings (SSSR count). The number of benzene rings is 1. The summed E-state index contributed by atoms with van der Waals surface area (Å²) in [4.78, 5) is 29.1. The third-order valence-electron chi connectivity index (χ3n) is 3.85. The molecule has 0 radical (unpaired) electrons. The van der Waals surface area contributed by atoms with Crippen molar-refractivity contribution in [2.24, 2.45) is 0 Å². The Morgan fingerprint density at radius 3 is 2.43 bits per heavy atom. The third kappa shape index (κ3) is 7.01. The molecule has 1 aromatic heterocycles. The lowest BCUT2D eigenvalue weighted by molar-refractivity contribution is -0.118. The Balaban J connectivity index is 0.00000243. The number of hydrogen-bond acceptors (Lipinski definition) is 6. The molecule has 2 aromatic rings. The summed E-state index contributed by atoms with van der Waals surface area (Å²) >= 11 is 1.05. The molecule has 1 unspecified atom stereocenters. The summed E-state index contributed by atoms with van der Waals surface area (Å²) in [6.07, 6.45) is 2.30. The zero-order valence-corrected chi connectivity index (χ0v) is 16.9. The maximum atomic E-state index is 11.6. The zero-order chi connectivity index (χ0) is 17.6. The number of pyridine rings is 1. The highest BCUT2D eigenvalue weighted by Gasteiger charge is 2.31. The van der Waals surface area contributed by atoms with Crippen molar-refractivity contribution in [3.63, 3.8) is 0 Å². The van der Waals surface area contributed by atoms with Crippen molar-refractivity contribution in [1.29, 1.82) is 0 Å². The second kappa shape index (κ2) is 12.2. The predicted molar refractivity (Wildman–Crippen MR) is 113 cm³/mol. The standard InChI is InChI=1S/C18H19N3O3S.ClH.2H2O/c1-21(16-4-2-3-9-19-16)10-11-24-14-7-5-13(6-8-14)12-15-17(22)20-18(23)25-15;;;/h2-9,15H,10-12H2,1H3,(H,20,22,23);1H;2*1H2. The predicted octanol–water partition coefficient (Wildman–Crippen LogP) is 1.26. The first kappa shape index (κ1) is 25.7. The molecule has 8 nitrogen and oxygen atoms in total. The minimum absolute atomic E-state index is 0. The lowest BCUT2D eigenvalue weighted by Gasteiger charge is -2.18. The number of hydrogen-bond donors (Lipinski definition) is 1. The van der Waals surface area contributed by atoms with Gasteiger partial charge in [0, 0.05) is 13.2 Å². The van der Waals surface area contributed by atoms with Crippen molar-refractivity contribution in [3.05, 3.63) is 54.2 Å². The SMILES string of the molecule is CN(CCOc1ccc(CC2SC(=O)NC2=O)cc1)c1ccccn1.Cl.O.O. The Labute approximate surface area is 173 Å². The first-order chi connectivity index (χ1) is 12.1. The van der Waals surface area contributed by atoms with E-state index in [2.05, 4.69) is 10.3 Å². The van der Waals surface area contributed by atoms with Gasteiger partial charge in [0.25, 0.3) is 5.24 Å². The molecular formula is C18H24ClN3O5S. The molecule has 154 valence electrons. The number of carbonyl (C=O) groups is 2. The average Bonchev–Trinajstić information content (AvgIpc) is 2.94. The first-order valence-electron chi connectivity index (χ1n) is 7.97. The minimum Gasteiger partial charge on any atom is -0.492 e. The van der Waals surface area contributed by atoms with Crippen LogP contribution in [-0.2, 0) is 11.2 Å². The number of carbonyl (C=O) groups excluding carboxylic acids is 2. The Morgan fingerprint density at radius 2 is 1.86 bits per heavy atom. The van der Waals surface area contributed by atoms with Crippen LogP contribution in [0.15, 0.2) is 48.7 Å².